The number of hydrogen-bond acceptors (Lipinski definition) is 6. The van der Waals surface area contributed by atoms with Gasteiger partial charge in [0.1, 0.15) is 24.7 Å². The van der Waals surface area contributed by atoms with Crippen molar-refractivity contribution in [2.24, 2.45) is 0 Å². The average molecular weight is 370 g/mol. The minimum absolute atomic E-state index is 0.160. The summed E-state index contributed by atoms with van der Waals surface area (Å²) in [5, 5.41) is 0.836. The highest BCUT2D eigenvalue weighted by atomic mass is 79.9. The van der Waals surface area contributed by atoms with Gasteiger partial charge < -0.3 is 14.2 Å². The van der Waals surface area contributed by atoms with E-state index in [4.69, 9.17) is 14.2 Å². The second kappa shape index (κ2) is 6.03. The SMILES string of the molecule is Cc1ncc(C(=O)OCc2cc3c(cc2Br)OCCO3)s1. The van der Waals surface area contributed by atoms with Crippen LogP contribution in [0.1, 0.15) is 20.2 Å². The van der Waals surface area contributed by atoms with Crippen LogP contribution >= 0.6 is 27.3 Å². The van der Waals surface area contributed by atoms with Crippen molar-refractivity contribution in [1.29, 1.82) is 0 Å². The first-order valence-electron chi connectivity index (χ1n) is 6.31. The zero-order valence-corrected chi connectivity index (χ0v) is 13.6. The highest BCUT2D eigenvalue weighted by molar-refractivity contribution is 9.10. The van der Waals surface area contributed by atoms with Crippen molar-refractivity contribution in [3.8, 4) is 11.5 Å². The molecule has 21 heavy (non-hydrogen) atoms. The van der Waals surface area contributed by atoms with Gasteiger partial charge in [0.05, 0.1) is 11.2 Å². The third-order valence-electron chi connectivity index (χ3n) is 2.89. The summed E-state index contributed by atoms with van der Waals surface area (Å²) in [5.41, 5.74) is 0.828. The molecular weight excluding hydrogens is 358 g/mol. The number of carbonyl (C=O) groups is 1. The number of ether oxygens (including phenoxy) is 3. The summed E-state index contributed by atoms with van der Waals surface area (Å²) in [5.74, 6) is 0.993. The molecule has 0 saturated heterocycles. The van der Waals surface area contributed by atoms with Crippen molar-refractivity contribution < 1.29 is 19.0 Å². The monoisotopic (exact) mass is 369 g/mol. The molecule has 0 amide bonds. The van der Waals surface area contributed by atoms with Gasteiger partial charge in [-0.2, -0.15) is 0 Å². The van der Waals surface area contributed by atoms with Crippen LogP contribution in [0.15, 0.2) is 22.8 Å². The Morgan fingerprint density at radius 2 is 2.10 bits per heavy atom. The Morgan fingerprint density at radius 3 is 2.76 bits per heavy atom. The van der Waals surface area contributed by atoms with E-state index in [0.717, 1.165) is 15.0 Å². The van der Waals surface area contributed by atoms with Crippen LogP contribution in [-0.4, -0.2) is 24.2 Å². The van der Waals surface area contributed by atoms with E-state index >= 15 is 0 Å². The normalized spacial score (nSPS) is 13.0. The number of carbonyl (C=O) groups excluding carboxylic acids is 1. The molecule has 1 aromatic heterocycles. The van der Waals surface area contributed by atoms with Crippen molar-refractivity contribution in [2.45, 2.75) is 13.5 Å². The van der Waals surface area contributed by atoms with Crippen LogP contribution in [0.25, 0.3) is 0 Å². The zero-order valence-electron chi connectivity index (χ0n) is 11.2. The van der Waals surface area contributed by atoms with Gasteiger partial charge in [0.25, 0.3) is 0 Å². The van der Waals surface area contributed by atoms with E-state index in [1.165, 1.54) is 17.5 Å². The number of nitrogens with zero attached hydrogens (tertiary/aromatic N) is 1. The van der Waals surface area contributed by atoms with Crippen molar-refractivity contribution in [3.63, 3.8) is 0 Å². The number of hydrogen-bond donors (Lipinski definition) is 0. The van der Waals surface area contributed by atoms with Crippen molar-refractivity contribution in [2.75, 3.05) is 13.2 Å². The molecule has 0 N–H and O–H groups in total. The van der Waals surface area contributed by atoms with E-state index in [-0.39, 0.29) is 12.6 Å². The molecule has 0 atom stereocenters. The number of aryl methyl sites for hydroxylation is 1. The van der Waals surface area contributed by atoms with Gasteiger partial charge in [-0.3, -0.25) is 0 Å². The molecule has 0 bridgehead atoms. The Hall–Kier alpha value is -1.60. The van der Waals surface area contributed by atoms with Crippen molar-refractivity contribution >= 4 is 33.2 Å². The van der Waals surface area contributed by atoms with Gasteiger partial charge in [0, 0.05) is 10.0 Å². The van der Waals surface area contributed by atoms with Crippen LogP contribution in [0.4, 0.5) is 0 Å². The lowest BCUT2D eigenvalue weighted by atomic mass is 10.2. The summed E-state index contributed by atoms with van der Waals surface area (Å²) in [4.78, 5) is 16.4. The van der Waals surface area contributed by atoms with E-state index in [9.17, 15) is 4.79 Å². The van der Waals surface area contributed by atoms with Gasteiger partial charge in [-0.25, -0.2) is 9.78 Å². The lowest BCUT2D eigenvalue weighted by Gasteiger charge is -2.19. The van der Waals surface area contributed by atoms with Gasteiger partial charge in [-0.05, 0) is 19.1 Å². The van der Waals surface area contributed by atoms with Crippen LogP contribution in [0.5, 0.6) is 11.5 Å². The van der Waals surface area contributed by atoms with Gasteiger partial charge in [-0.15, -0.1) is 11.3 Å². The first-order valence-corrected chi connectivity index (χ1v) is 7.92. The molecule has 1 aromatic carbocycles. The Labute approximate surface area is 134 Å². The van der Waals surface area contributed by atoms with E-state index in [0.29, 0.717) is 29.6 Å². The third kappa shape index (κ3) is 3.19. The average Bonchev–Trinajstić information content (AvgIpc) is 2.91. The quantitative estimate of drug-likeness (QED) is 0.776. The number of esters is 1. The Bertz CT molecular complexity index is 686. The van der Waals surface area contributed by atoms with Gasteiger partial charge >= 0.3 is 5.97 Å². The molecule has 0 fully saturated rings. The fourth-order valence-corrected chi connectivity index (χ4v) is 3.00. The smallest absolute Gasteiger partial charge is 0.350 e. The van der Waals surface area contributed by atoms with Crippen LogP contribution < -0.4 is 9.47 Å². The number of rotatable bonds is 3. The van der Waals surface area contributed by atoms with E-state index in [1.54, 1.807) is 0 Å². The summed E-state index contributed by atoms with van der Waals surface area (Å²) in [6.07, 6.45) is 1.53. The Balaban J connectivity index is 1.71. The molecular formula is C14H12BrNO4S. The summed E-state index contributed by atoms with van der Waals surface area (Å²) in [7, 11) is 0. The largest absolute Gasteiger partial charge is 0.486 e. The molecule has 0 spiro atoms. The van der Waals surface area contributed by atoms with Crippen LogP contribution in [0.2, 0.25) is 0 Å². The van der Waals surface area contributed by atoms with Crippen LogP contribution in [0.3, 0.4) is 0 Å². The third-order valence-corrected chi connectivity index (χ3v) is 4.52. The second-order valence-corrected chi connectivity index (χ2v) is 6.50. The molecule has 2 heterocycles. The number of aromatic nitrogens is 1. The van der Waals surface area contributed by atoms with Crippen LogP contribution in [-0.2, 0) is 11.3 Å². The molecule has 0 aliphatic carbocycles. The highest BCUT2D eigenvalue weighted by Gasteiger charge is 2.17. The minimum Gasteiger partial charge on any atom is -0.486 e. The van der Waals surface area contributed by atoms with Crippen LogP contribution in [0, 0.1) is 6.92 Å². The van der Waals surface area contributed by atoms with Crippen molar-refractivity contribution in [1.82, 2.24) is 4.98 Å². The minimum atomic E-state index is -0.373. The van der Waals surface area contributed by atoms with E-state index in [1.807, 2.05) is 19.1 Å². The summed E-state index contributed by atoms with van der Waals surface area (Å²) in [6.45, 7) is 3.07. The first kappa shape index (κ1) is 14.3. The van der Waals surface area contributed by atoms with Gasteiger partial charge in [0.15, 0.2) is 11.5 Å². The maximum absolute atomic E-state index is 11.9. The Kier molecular flexibility index (Phi) is 4.12. The van der Waals surface area contributed by atoms with E-state index in [2.05, 4.69) is 20.9 Å². The number of fused-ring (bicyclic) bond motifs is 1. The highest BCUT2D eigenvalue weighted by Crippen LogP contribution is 2.35. The molecule has 3 rings (SSSR count). The first-order chi connectivity index (χ1) is 10.1. The molecule has 0 saturated carbocycles. The molecule has 1 aliphatic heterocycles. The standard InChI is InChI=1S/C14H12BrNO4S/c1-8-16-6-13(21-8)14(17)20-7-9-4-11-12(5-10(9)15)19-3-2-18-11/h4-6H,2-3,7H2,1H3. The fourth-order valence-electron chi connectivity index (χ4n) is 1.89. The molecule has 110 valence electrons. The summed E-state index contributed by atoms with van der Waals surface area (Å²) >= 11 is 4.77. The van der Waals surface area contributed by atoms with Crippen molar-refractivity contribution in [3.05, 3.63) is 38.3 Å². The molecule has 7 heteroatoms. The predicted molar refractivity (Wildman–Crippen MR) is 81.1 cm³/mol. The zero-order chi connectivity index (χ0) is 14.8. The van der Waals surface area contributed by atoms with Gasteiger partial charge in [-0.1, -0.05) is 15.9 Å². The Morgan fingerprint density at radius 1 is 1.38 bits per heavy atom. The fraction of sp³-hybridized carbons (Fsp3) is 0.286. The maximum atomic E-state index is 11.9. The topological polar surface area (TPSA) is 57.7 Å². The lowest BCUT2D eigenvalue weighted by molar-refractivity contribution is 0.0476. The second-order valence-electron chi connectivity index (χ2n) is 4.41. The molecule has 1 aliphatic rings. The number of halogens is 1. The maximum Gasteiger partial charge on any atom is 0.350 e. The summed E-state index contributed by atoms with van der Waals surface area (Å²) < 4.78 is 17.1. The lowest BCUT2D eigenvalue weighted by Crippen LogP contribution is -2.15. The molecule has 2 aromatic rings. The van der Waals surface area contributed by atoms with E-state index < -0.39 is 0 Å². The van der Waals surface area contributed by atoms with Gasteiger partial charge in [0.2, 0.25) is 0 Å². The number of benzene rings is 1. The number of thiazole rings is 1. The summed E-state index contributed by atoms with van der Waals surface area (Å²) in [6, 6.07) is 3.65. The molecule has 5 nitrogen and oxygen atoms in total. The molecule has 0 radical (unpaired) electrons. The molecule has 0 unspecified atom stereocenters. The predicted octanol–water partition coefficient (Wildman–Crippen LogP) is 3.34.